The van der Waals surface area contributed by atoms with Crippen molar-refractivity contribution in [3.05, 3.63) is 65.1 Å². The maximum Gasteiger partial charge on any atom is 0.216 e. The Bertz CT molecular complexity index is 576. The first-order chi connectivity index (χ1) is 9.69. The maximum absolute atomic E-state index is 12.8. The summed E-state index contributed by atoms with van der Waals surface area (Å²) in [6, 6.07) is 12.7. The molecule has 4 heteroatoms. The van der Waals surface area contributed by atoms with Gasteiger partial charge in [0.2, 0.25) is 5.69 Å². The highest BCUT2D eigenvalue weighted by Crippen LogP contribution is 2.14. The normalized spacial score (nSPS) is 11.4. The van der Waals surface area contributed by atoms with Gasteiger partial charge in [-0.1, -0.05) is 6.92 Å². The van der Waals surface area contributed by atoms with Crippen LogP contribution in [-0.4, -0.2) is 17.6 Å². The average Bonchev–Trinajstić information content (AvgIpc) is 2.47. The third-order valence-corrected chi connectivity index (χ3v) is 2.70. The molecule has 104 valence electrons. The summed E-state index contributed by atoms with van der Waals surface area (Å²) in [5.41, 5.74) is 1.14. The van der Waals surface area contributed by atoms with E-state index in [9.17, 15) is 9.60 Å². The summed E-state index contributed by atoms with van der Waals surface area (Å²) in [6.07, 6.45) is 2.39. The molecule has 0 radical (unpaired) electrons. The molecule has 0 saturated carbocycles. The van der Waals surface area contributed by atoms with E-state index in [-0.39, 0.29) is 5.82 Å². The molecular weight excluding hydrogens is 257 g/mol. The summed E-state index contributed by atoms with van der Waals surface area (Å²) < 4.78 is 19.0. The lowest BCUT2D eigenvalue weighted by atomic mass is 10.2. The number of rotatable bonds is 5. The number of ether oxygens (including phenoxy) is 1. The van der Waals surface area contributed by atoms with Crippen LogP contribution in [0, 0.1) is 11.0 Å². The van der Waals surface area contributed by atoms with E-state index in [1.54, 1.807) is 12.1 Å². The lowest BCUT2D eigenvalue weighted by molar-refractivity contribution is -0.354. The molecule has 20 heavy (non-hydrogen) atoms. The predicted molar refractivity (Wildman–Crippen MR) is 77.1 cm³/mol. The second kappa shape index (κ2) is 6.70. The quantitative estimate of drug-likeness (QED) is 0.359. The zero-order valence-electron chi connectivity index (χ0n) is 11.3. The Morgan fingerprint density at radius 3 is 2.35 bits per heavy atom. The fourth-order valence-corrected chi connectivity index (χ4v) is 1.67. The molecule has 0 amide bonds. The summed E-state index contributed by atoms with van der Waals surface area (Å²) in [7, 11) is 0. The fraction of sp³-hybridized carbons (Fsp3) is 0.188. The van der Waals surface area contributed by atoms with Gasteiger partial charge < -0.3 is 9.94 Å². The van der Waals surface area contributed by atoms with Crippen molar-refractivity contribution in [1.82, 2.24) is 0 Å². The van der Waals surface area contributed by atoms with Gasteiger partial charge in [-0.25, -0.2) is 4.39 Å². The lowest BCUT2D eigenvalue weighted by Crippen LogP contribution is -1.99. The van der Waals surface area contributed by atoms with Crippen LogP contribution in [0.25, 0.3) is 0 Å². The molecule has 0 aliphatic rings. The van der Waals surface area contributed by atoms with Crippen LogP contribution in [0.5, 0.6) is 5.75 Å². The van der Waals surface area contributed by atoms with Crippen molar-refractivity contribution >= 4 is 11.9 Å². The fourth-order valence-electron chi connectivity index (χ4n) is 1.67. The van der Waals surface area contributed by atoms with E-state index >= 15 is 0 Å². The van der Waals surface area contributed by atoms with Crippen molar-refractivity contribution in [2.75, 3.05) is 6.61 Å². The number of hydrogen-bond acceptors (Lipinski definition) is 2. The van der Waals surface area contributed by atoms with Gasteiger partial charge in [0, 0.05) is 17.7 Å². The van der Waals surface area contributed by atoms with E-state index in [0.29, 0.717) is 17.0 Å². The molecule has 0 aliphatic carbocycles. The summed E-state index contributed by atoms with van der Waals surface area (Å²) in [4.78, 5) is 0. The Morgan fingerprint density at radius 1 is 1.10 bits per heavy atom. The summed E-state index contributed by atoms with van der Waals surface area (Å²) in [5.74, 6) is 0.419. The van der Waals surface area contributed by atoms with Crippen LogP contribution in [0.1, 0.15) is 18.9 Å². The Balaban J connectivity index is 2.11. The number of hydrogen-bond donors (Lipinski definition) is 0. The number of nitrogens with zero attached hydrogens (tertiary/aromatic N) is 1. The first-order valence-corrected chi connectivity index (χ1v) is 6.48. The van der Waals surface area contributed by atoms with Crippen LogP contribution in [0.4, 0.5) is 10.1 Å². The molecule has 0 fully saturated rings. The van der Waals surface area contributed by atoms with Crippen molar-refractivity contribution in [3.63, 3.8) is 0 Å². The molecule has 2 aromatic carbocycles. The van der Waals surface area contributed by atoms with Gasteiger partial charge in [-0.15, -0.1) is 0 Å². The topological polar surface area (TPSA) is 35.3 Å². The molecular formula is C16H16FNO2. The zero-order chi connectivity index (χ0) is 14.4. The van der Waals surface area contributed by atoms with Crippen LogP contribution in [0.2, 0.25) is 0 Å². The molecule has 0 atom stereocenters. The minimum atomic E-state index is -0.362. The SMILES string of the molecule is CCCOc1ccc(/C=[N+](\[O-])c2ccc(F)cc2)cc1. The molecule has 0 aliphatic heterocycles. The van der Waals surface area contributed by atoms with Gasteiger partial charge in [0.15, 0.2) is 6.21 Å². The van der Waals surface area contributed by atoms with Crippen LogP contribution in [0.3, 0.4) is 0 Å². The molecule has 0 unspecified atom stereocenters. The van der Waals surface area contributed by atoms with E-state index in [0.717, 1.165) is 17.7 Å². The first kappa shape index (κ1) is 14.1. The van der Waals surface area contributed by atoms with Crippen LogP contribution in [0.15, 0.2) is 48.5 Å². The van der Waals surface area contributed by atoms with Crippen molar-refractivity contribution in [1.29, 1.82) is 0 Å². The third-order valence-electron chi connectivity index (χ3n) is 2.70. The van der Waals surface area contributed by atoms with E-state index in [1.165, 1.54) is 30.5 Å². The third kappa shape index (κ3) is 3.82. The standard InChI is InChI=1S/C16H16FNO2/c1-2-11-20-16-9-3-13(4-10-16)12-18(19)15-7-5-14(17)6-8-15/h3-10,12H,2,11H2,1H3/b18-12-. The Labute approximate surface area is 117 Å². The second-order valence-corrected chi connectivity index (χ2v) is 4.35. The van der Waals surface area contributed by atoms with Crippen molar-refractivity contribution < 1.29 is 13.9 Å². The van der Waals surface area contributed by atoms with E-state index < -0.39 is 0 Å². The summed E-state index contributed by atoms with van der Waals surface area (Å²) in [6.45, 7) is 2.71. The minimum absolute atomic E-state index is 0.362. The van der Waals surface area contributed by atoms with E-state index in [2.05, 4.69) is 0 Å². The van der Waals surface area contributed by atoms with Gasteiger partial charge in [-0.3, -0.25) is 0 Å². The average molecular weight is 273 g/mol. The van der Waals surface area contributed by atoms with E-state index in [1.807, 2.05) is 19.1 Å². The smallest absolute Gasteiger partial charge is 0.216 e. The predicted octanol–water partition coefficient (Wildman–Crippen LogP) is 3.88. The molecule has 2 aromatic rings. The van der Waals surface area contributed by atoms with Crippen molar-refractivity contribution in [2.24, 2.45) is 0 Å². The summed E-state index contributed by atoms with van der Waals surface area (Å²) in [5, 5.41) is 11.9. The van der Waals surface area contributed by atoms with Crippen LogP contribution >= 0.6 is 0 Å². The number of benzene rings is 2. The van der Waals surface area contributed by atoms with Gasteiger partial charge in [0.1, 0.15) is 11.6 Å². The molecule has 0 spiro atoms. The van der Waals surface area contributed by atoms with Gasteiger partial charge in [0.05, 0.1) is 6.61 Å². The van der Waals surface area contributed by atoms with Crippen LogP contribution in [-0.2, 0) is 0 Å². The van der Waals surface area contributed by atoms with Gasteiger partial charge >= 0.3 is 0 Å². The van der Waals surface area contributed by atoms with Gasteiger partial charge in [0.25, 0.3) is 0 Å². The molecule has 0 bridgehead atoms. The highest BCUT2D eigenvalue weighted by molar-refractivity contribution is 5.76. The van der Waals surface area contributed by atoms with Gasteiger partial charge in [-0.2, -0.15) is 4.74 Å². The molecule has 0 N–H and O–H groups in total. The number of halogens is 1. The monoisotopic (exact) mass is 273 g/mol. The van der Waals surface area contributed by atoms with Crippen LogP contribution < -0.4 is 4.74 Å². The van der Waals surface area contributed by atoms with Gasteiger partial charge in [-0.05, 0) is 42.8 Å². The summed E-state index contributed by atoms with van der Waals surface area (Å²) >= 11 is 0. The Kier molecular flexibility index (Phi) is 4.71. The zero-order valence-corrected chi connectivity index (χ0v) is 11.3. The maximum atomic E-state index is 12.8. The Morgan fingerprint density at radius 2 is 1.75 bits per heavy atom. The highest BCUT2D eigenvalue weighted by atomic mass is 19.1. The van der Waals surface area contributed by atoms with Crippen molar-refractivity contribution in [2.45, 2.75) is 13.3 Å². The Hall–Kier alpha value is -2.36. The highest BCUT2D eigenvalue weighted by Gasteiger charge is 2.02. The molecule has 3 nitrogen and oxygen atoms in total. The molecule has 2 rings (SSSR count). The second-order valence-electron chi connectivity index (χ2n) is 4.35. The van der Waals surface area contributed by atoms with Crippen molar-refractivity contribution in [3.8, 4) is 5.75 Å². The molecule has 0 saturated heterocycles. The largest absolute Gasteiger partial charge is 0.618 e. The lowest BCUT2D eigenvalue weighted by Gasteiger charge is -2.05. The van der Waals surface area contributed by atoms with E-state index in [4.69, 9.17) is 4.74 Å². The minimum Gasteiger partial charge on any atom is -0.618 e. The molecule has 0 heterocycles. The molecule has 0 aromatic heterocycles. The first-order valence-electron chi connectivity index (χ1n) is 6.48.